The van der Waals surface area contributed by atoms with Crippen LogP contribution in [0.5, 0.6) is 11.5 Å². The molecule has 7 heteroatoms. The predicted octanol–water partition coefficient (Wildman–Crippen LogP) is 2.41. The second kappa shape index (κ2) is 7.86. The number of benzene rings is 1. The summed E-state index contributed by atoms with van der Waals surface area (Å²) >= 11 is 6.23. The molecule has 2 bridgehead atoms. The van der Waals surface area contributed by atoms with E-state index in [2.05, 4.69) is 5.32 Å². The predicted molar refractivity (Wildman–Crippen MR) is 102 cm³/mol. The van der Waals surface area contributed by atoms with E-state index in [0.717, 1.165) is 25.7 Å². The van der Waals surface area contributed by atoms with Gasteiger partial charge in [-0.15, -0.1) is 0 Å². The molecule has 2 aliphatic carbocycles. The van der Waals surface area contributed by atoms with Gasteiger partial charge in [-0.1, -0.05) is 18.0 Å². The summed E-state index contributed by atoms with van der Waals surface area (Å²) in [5, 5.41) is 13.8. The van der Waals surface area contributed by atoms with Gasteiger partial charge >= 0.3 is 0 Å². The Morgan fingerprint density at radius 3 is 2.70 bits per heavy atom. The van der Waals surface area contributed by atoms with Crippen LogP contribution in [0, 0.1) is 17.8 Å². The third kappa shape index (κ3) is 3.89. The van der Waals surface area contributed by atoms with E-state index in [1.165, 1.54) is 6.42 Å². The largest absolute Gasteiger partial charge is 0.486 e. The number of carbonyl (C=O) groups excluding carboxylic acids is 1. The molecule has 0 radical (unpaired) electrons. The van der Waals surface area contributed by atoms with E-state index < -0.39 is 6.10 Å². The fraction of sp³-hybridized carbons (Fsp3) is 0.650. The molecule has 3 aliphatic rings. The van der Waals surface area contributed by atoms with Crippen molar-refractivity contribution in [1.29, 1.82) is 0 Å². The molecule has 1 heterocycles. The molecule has 1 aromatic carbocycles. The summed E-state index contributed by atoms with van der Waals surface area (Å²) < 4.78 is 11.0. The zero-order chi connectivity index (χ0) is 19.0. The van der Waals surface area contributed by atoms with Crippen molar-refractivity contribution in [3.8, 4) is 11.5 Å². The number of amides is 1. The molecule has 27 heavy (non-hydrogen) atoms. The van der Waals surface area contributed by atoms with Crippen LogP contribution in [0.2, 0.25) is 5.02 Å². The van der Waals surface area contributed by atoms with Gasteiger partial charge in [0.15, 0.2) is 11.5 Å². The maximum atomic E-state index is 12.6. The molecule has 4 N–H and O–H groups in total. The Labute approximate surface area is 164 Å². The highest BCUT2D eigenvalue weighted by Gasteiger charge is 2.40. The molecule has 3 unspecified atom stereocenters. The molecule has 0 spiro atoms. The lowest BCUT2D eigenvalue weighted by Gasteiger charge is -2.43. The fourth-order valence-corrected chi connectivity index (χ4v) is 5.06. The number of carbonyl (C=O) groups is 1. The van der Waals surface area contributed by atoms with Gasteiger partial charge < -0.3 is 25.6 Å². The van der Waals surface area contributed by atoms with Crippen molar-refractivity contribution >= 4 is 17.5 Å². The molecule has 3 atom stereocenters. The monoisotopic (exact) mass is 394 g/mol. The van der Waals surface area contributed by atoms with Crippen LogP contribution in [0.4, 0.5) is 0 Å². The second-order valence-corrected chi connectivity index (χ2v) is 8.39. The van der Waals surface area contributed by atoms with Gasteiger partial charge in [-0.25, -0.2) is 0 Å². The molecule has 1 aliphatic heterocycles. The normalized spacial score (nSPS) is 30.5. The van der Waals surface area contributed by atoms with Crippen molar-refractivity contribution < 1.29 is 19.4 Å². The van der Waals surface area contributed by atoms with Gasteiger partial charge in [0, 0.05) is 18.5 Å². The highest BCUT2D eigenvalue weighted by Crippen LogP contribution is 2.42. The Kier molecular flexibility index (Phi) is 5.48. The number of hydrogen-bond donors (Lipinski definition) is 3. The fourth-order valence-electron chi connectivity index (χ4n) is 4.79. The van der Waals surface area contributed by atoms with E-state index in [1.54, 1.807) is 12.1 Å². The topological polar surface area (TPSA) is 93.8 Å². The summed E-state index contributed by atoms with van der Waals surface area (Å²) in [6, 6.07) is 3.63. The Morgan fingerprint density at radius 2 is 1.96 bits per heavy atom. The van der Waals surface area contributed by atoms with E-state index in [1.807, 2.05) is 0 Å². The van der Waals surface area contributed by atoms with E-state index in [-0.39, 0.29) is 24.4 Å². The first-order chi connectivity index (χ1) is 13.0. The lowest BCUT2D eigenvalue weighted by Crippen LogP contribution is -2.49. The number of nitrogens with one attached hydrogen (secondary N) is 1. The third-order valence-electron chi connectivity index (χ3n) is 6.26. The standard InChI is InChI=1S/C20H27ClN2O4/c21-15-8-13(9-17-19(15)27-5-4-26-17)16(24)10-23-20(25)14-6-11-2-1-3-12(7-14)18(11)22/h8-9,11-12,14,16,18,24H,1-7,10,22H2,(H,23,25). The average molecular weight is 395 g/mol. The van der Waals surface area contributed by atoms with Crippen LogP contribution < -0.4 is 20.5 Å². The molecule has 2 fully saturated rings. The molecule has 0 aromatic heterocycles. The SMILES string of the molecule is NC1C2CCCC1CC(C(=O)NCC(O)c1cc(Cl)c3c(c1)OCCO3)C2. The first-order valence-corrected chi connectivity index (χ1v) is 10.2. The number of nitrogens with two attached hydrogens (primary N) is 1. The number of aliphatic hydroxyl groups excluding tert-OH is 1. The molecule has 1 aromatic rings. The summed E-state index contributed by atoms with van der Waals surface area (Å²) in [6.07, 6.45) is 4.33. The van der Waals surface area contributed by atoms with Gasteiger partial charge in [-0.3, -0.25) is 4.79 Å². The van der Waals surface area contributed by atoms with Crippen LogP contribution in [0.3, 0.4) is 0 Å². The molecule has 1 amide bonds. The van der Waals surface area contributed by atoms with E-state index in [9.17, 15) is 9.90 Å². The summed E-state index contributed by atoms with van der Waals surface area (Å²) in [5.74, 6) is 1.96. The number of halogens is 1. The van der Waals surface area contributed by atoms with Crippen molar-refractivity contribution in [2.24, 2.45) is 23.5 Å². The molecular formula is C20H27ClN2O4. The van der Waals surface area contributed by atoms with Crippen LogP contribution in [0.25, 0.3) is 0 Å². The first kappa shape index (κ1) is 18.8. The minimum Gasteiger partial charge on any atom is -0.486 e. The Hall–Kier alpha value is -1.50. The molecule has 2 saturated carbocycles. The van der Waals surface area contributed by atoms with Gasteiger partial charge in [-0.2, -0.15) is 0 Å². The molecule has 0 saturated heterocycles. The van der Waals surface area contributed by atoms with Gasteiger partial charge in [0.1, 0.15) is 13.2 Å². The summed E-state index contributed by atoms with van der Waals surface area (Å²) in [5.41, 5.74) is 6.91. The minimum atomic E-state index is -0.854. The highest BCUT2D eigenvalue weighted by atomic mass is 35.5. The minimum absolute atomic E-state index is 0.00356. The number of rotatable bonds is 4. The summed E-state index contributed by atoms with van der Waals surface area (Å²) in [6.45, 7) is 1.05. The van der Waals surface area contributed by atoms with Gasteiger partial charge in [0.2, 0.25) is 5.91 Å². The number of hydrogen-bond acceptors (Lipinski definition) is 5. The molecule has 4 rings (SSSR count). The first-order valence-electron chi connectivity index (χ1n) is 9.83. The zero-order valence-electron chi connectivity index (χ0n) is 15.3. The number of aliphatic hydroxyl groups is 1. The lowest BCUT2D eigenvalue weighted by molar-refractivity contribution is -0.128. The van der Waals surface area contributed by atoms with Crippen molar-refractivity contribution in [3.63, 3.8) is 0 Å². The van der Waals surface area contributed by atoms with Gasteiger partial charge in [0.05, 0.1) is 11.1 Å². The Morgan fingerprint density at radius 1 is 1.26 bits per heavy atom. The second-order valence-electron chi connectivity index (χ2n) is 7.98. The Bertz CT molecular complexity index is 699. The smallest absolute Gasteiger partial charge is 0.223 e. The van der Waals surface area contributed by atoms with Crippen molar-refractivity contribution in [3.05, 3.63) is 22.7 Å². The van der Waals surface area contributed by atoms with E-state index in [0.29, 0.717) is 47.1 Å². The van der Waals surface area contributed by atoms with Crippen LogP contribution in [0.1, 0.15) is 43.8 Å². The van der Waals surface area contributed by atoms with Gasteiger partial charge in [0.25, 0.3) is 0 Å². The van der Waals surface area contributed by atoms with Crippen molar-refractivity contribution in [1.82, 2.24) is 5.32 Å². The van der Waals surface area contributed by atoms with E-state index in [4.69, 9.17) is 26.8 Å². The molecule has 148 valence electrons. The quantitative estimate of drug-likeness (QED) is 0.729. The highest BCUT2D eigenvalue weighted by molar-refractivity contribution is 6.32. The lowest BCUT2D eigenvalue weighted by atomic mass is 9.65. The molecular weight excluding hydrogens is 368 g/mol. The zero-order valence-corrected chi connectivity index (χ0v) is 16.1. The summed E-state index contributed by atoms with van der Waals surface area (Å²) in [7, 11) is 0. The van der Waals surface area contributed by atoms with Crippen LogP contribution in [0.15, 0.2) is 12.1 Å². The van der Waals surface area contributed by atoms with E-state index >= 15 is 0 Å². The third-order valence-corrected chi connectivity index (χ3v) is 6.54. The maximum Gasteiger partial charge on any atom is 0.223 e. The van der Waals surface area contributed by atoms with Crippen LogP contribution >= 0.6 is 11.6 Å². The number of ether oxygens (including phenoxy) is 2. The summed E-state index contributed by atoms with van der Waals surface area (Å²) in [4.78, 5) is 12.6. The van der Waals surface area contributed by atoms with Gasteiger partial charge in [-0.05, 0) is 55.2 Å². The Balaban J connectivity index is 1.36. The molecule has 6 nitrogen and oxygen atoms in total. The number of fused-ring (bicyclic) bond motifs is 3. The average Bonchev–Trinajstić information content (AvgIpc) is 2.65. The van der Waals surface area contributed by atoms with Crippen molar-refractivity contribution in [2.75, 3.05) is 19.8 Å². The maximum absolute atomic E-state index is 12.6. The van der Waals surface area contributed by atoms with Crippen LogP contribution in [-0.4, -0.2) is 36.8 Å². The van der Waals surface area contributed by atoms with Crippen LogP contribution in [-0.2, 0) is 4.79 Å². The van der Waals surface area contributed by atoms with Crippen molar-refractivity contribution in [2.45, 2.75) is 44.2 Å².